The number of hydrogen-bond acceptors (Lipinski definition) is 6. The van der Waals surface area contributed by atoms with Crippen LogP contribution in [0.5, 0.6) is 5.75 Å². The standard InChI is InChI=1S/C23H21F2N5O3/c24-17-11-18(25)13-19(12-17)27-23(31)21-14-33-22(28-21)15-32-20-6-4-16(5-7-20)3-1-2-9-30-10-8-26-29-30/h4-8,10-14H,1-3,9,15H2,(H,27,31). The van der Waals surface area contributed by atoms with Gasteiger partial charge in [-0.3, -0.25) is 9.48 Å². The number of nitrogens with zero attached hydrogens (tertiary/aromatic N) is 4. The summed E-state index contributed by atoms with van der Waals surface area (Å²) in [6.45, 7) is 0.871. The van der Waals surface area contributed by atoms with Gasteiger partial charge in [-0.2, -0.15) is 0 Å². The van der Waals surface area contributed by atoms with Gasteiger partial charge in [0.05, 0.1) is 6.20 Å². The van der Waals surface area contributed by atoms with Crippen molar-refractivity contribution in [3.63, 3.8) is 0 Å². The summed E-state index contributed by atoms with van der Waals surface area (Å²) in [6, 6.07) is 10.4. The summed E-state index contributed by atoms with van der Waals surface area (Å²) in [6.07, 6.45) is 7.66. The summed E-state index contributed by atoms with van der Waals surface area (Å²) in [5, 5.41) is 10.1. The zero-order chi connectivity index (χ0) is 23.0. The van der Waals surface area contributed by atoms with Gasteiger partial charge in [0.25, 0.3) is 5.91 Å². The minimum atomic E-state index is -0.794. The highest BCUT2D eigenvalue weighted by molar-refractivity contribution is 6.02. The van der Waals surface area contributed by atoms with Crippen molar-refractivity contribution in [3.8, 4) is 5.75 Å². The summed E-state index contributed by atoms with van der Waals surface area (Å²) in [5.74, 6) is -1.40. The molecule has 170 valence electrons. The predicted molar refractivity (Wildman–Crippen MR) is 115 cm³/mol. The predicted octanol–water partition coefficient (Wildman–Crippen LogP) is 4.40. The van der Waals surface area contributed by atoms with Crippen molar-refractivity contribution in [1.29, 1.82) is 0 Å². The van der Waals surface area contributed by atoms with Gasteiger partial charge in [-0.05, 0) is 49.1 Å². The molecule has 2 aromatic heterocycles. The first-order valence-corrected chi connectivity index (χ1v) is 10.3. The largest absolute Gasteiger partial charge is 0.484 e. The van der Waals surface area contributed by atoms with Crippen LogP contribution in [-0.4, -0.2) is 25.9 Å². The SMILES string of the molecule is O=C(Nc1cc(F)cc(F)c1)c1coc(COc2ccc(CCCCn3ccnn3)cc2)n1. The summed E-state index contributed by atoms with van der Waals surface area (Å²) in [7, 11) is 0. The number of nitrogens with one attached hydrogen (secondary N) is 1. The number of amides is 1. The Bertz CT molecular complexity index is 1170. The van der Waals surface area contributed by atoms with Gasteiger partial charge in [-0.15, -0.1) is 5.10 Å². The normalized spacial score (nSPS) is 10.8. The molecule has 4 aromatic rings. The minimum Gasteiger partial charge on any atom is -0.484 e. The summed E-state index contributed by atoms with van der Waals surface area (Å²) >= 11 is 0. The number of anilines is 1. The number of carbonyl (C=O) groups is 1. The van der Waals surface area contributed by atoms with Crippen LogP contribution in [0.2, 0.25) is 0 Å². The highest BCUT2D eigenvalue weighted by Crippen LogP contribution is 2.17. The van der Waals surface area contributed by atoms with Crippen LogP contribution in [0.3, 0.4) is 0 Å². The van der Waals surface area contributed by atoms with Gasteiger partial charge in [0, 0.05) is 24.5 Å². The van der Waals surface area contributed by atoms with Gasteiger partial charge < -0.3 is 14.5 Å². The quantitative estimate of drug-likeness (QED) is 0.358. The maximum Gasteiger partial charge on any atom is 0.277 e. The molecule has 0 unspecified atom stereocenters. The number of oxazole rings is 1. The zero-order valence-corrected chi connectivity index (χ0v) is 17.6. The first-order chi connectivity index (χ1) is 16.0. The summed E-state index contributed by atoms with van der Waals surface area (Å²) in [5.41, 5.74) is 1.15. The second kappa shape index (κ2) is 10.5. The van der Waals surface area contributed by atoms with Gasteiger partial charge in [0.15, 0.2) is 12.3 Å². The number of halogens is 2. The number of aromatic nitrogens is 4. The van der Waals surface area contributed by atoms with Crippen molar-refractivity contribution in [2.45, 2.75) is 32.4 Å². The lowest BCUT2D eigenvalue weighted by Crippen LogP contribution is -2.13. The van der Waals surface area contributed by atoms with Gasteiger partial charge in [-0.1, -0.05) is 17.3 Å². The van der Waals surface area contributed by atoms with Crippen molar-refractivity contribution in [2.75, 3.05) is 5.32 Å². The van der Waals surface area contributed by atoms with Crippen LogP contribution in [0.4, 0.5) is 14.5 Å². The van der Waals surface area contributed by atoms with E-state index in [4.69, 9.17) is 9.15 Å². The average Bonchev–Trinajstić information content (AvgIpc) is 3.48. The van der Waals surface area contributed by atoms with E-state index in [9.17, 15) is 13.6 Å². The van der Waals surface area contributed by atoms with Crippen LogP contribution in [0, 0.1) is 11.6 Å². The lowest BCUT2D eigenvalue weighted by Gasteiger charge is -2.06. The third-order valence-electron chi connectivity index (χ3n) is 4.77. The molecule has 0 spiro atoms. The van der Waals surface area contributed by atoms with Crippen LogP contribution >= 0.6 is 0 Å². The van der Waals surface area contributed by atoms with Crippen molar-refractivity contribution in [2.24, 2.45) is 0 Å². The number of hydrogen-bond donors (Lipinski definition) is 1. The van der Waals surface area contributed by atoms with E-state index < -0.39 is 17.5 Å². The molecular formula is C23H21F2N5O3. The topological polar surface area (TPSA) is 95.1 Å². The molecule has 10 heteroatoms. The molecule has 8 nitrogen and oxygen atoms in total. The Morgan fingerprint density at radius 2 is 1.88 bits per heavy atom. The maximum absolute atomic E-state index is 13.3. The van der Waals surface area contributed by atoms with E-state index in [1.807, 2.05) is 35.1 Å². The maximum atomic E-state index is 13.3. The molecule has 0 aliphatic carbocycles. The van der Waals surface area contributed by atoms with E-state index in [1.54, 1.807) is 6.20 Å². The first kappa shape index (κ1) is 22.1. The summed E-state index contributed by atoms with van der Waals surface area (Å²) < 4.78 is 39.2. The van der Waals surface area contributed by atoms with Crippen LogP contribution in [-0.2, 0) is 19.6 Å². The third-order valence-corrected chi connectivity index (χ3v) is 4.77. The smallest absolute Gasteiger partial charge is 0.277 e. The van der Waals surface area contributed by atoms with Gasteiger partial charge in [0.1, 0.15) is 23.6 Å². The zero-order valence-electron chi connectivity index (χ0n) is 17.6. The van der Waals surface area contributed by atoms with Crippen LogP contribution < -0.4 is 10.1 Å². The third kappa shape index (κ3) is 6.45. The molecule has 0 saturated carbocycles. The molecule has 0 saturated heterocycles. The fraction of sp³-hybridized carbons (Fsp3) is 0.217. The van der Waals surface area contributed by atoms with Crippen LogP contribution in [0.25, 0.3) is 0 Å². The molecule has 0 aliphatic rings. The van der Waals surface area contributed by atoms with E-state index in [0.717, 1.165) is 44.2 Å². The fourth-order valence-electron chi connectivity index (χ4n) is 3.15. The first-order valence-electron chi connectivity index (χ1n) is 10.3. The number of aryl methyl sites for hydroxylation is 2. The monoisotopic (exact) mass is 453 g/mol. The minimum absolute atomic E-state index is 0.0169. The van der Waals surface area contributed by atoms with Crippen molar-refractivity contribution in [1.82, 2.24) is 20.0 Å². The van der Waals surface area contributed by atoms with E-state index in [-0.39, 0.29) is 23.9 Å². The number of benzene rings is 2. The average molecular weight is 453 g/mol. The molecule has 0 radical (unpaired) electrons. The van der Waals surface area contributed by atoms with E-state index in [2.05, 4.69) is 20.6 Å². The lowest BCUT2D eigenvalue weighted by molar-refractivity contribution is 0.102. The molecule has 33 heavy (non-hydrogen) atoms. The summed E-state index contributed by atoms with van der Waals surface area (Å²) in [4.78, 5) is 16.3. The Labute approximate surface area is 188 Å². The Balaban J connectivity index is 1.22. The van der Waals surface area contributed by atoms with Gasteiger partial charge in [0.2, 0.25) is 5.89 Å². The number of unbranched alkanes of at least 4 members (excludes halogenated alkanes) is 1. The van der Waals surface area contributed by atoms with E-state index in [1.165, 1.54) is 5.56 Å². The number of ether oxygens (including phenoxy) is 1. The highest BCUT2D eigenvalue weighted by Gasteiger charge is 2.14. The lowest BCUT2D eigenvalue weighted by atomic mass is 10.1. The Kier molecular flexibility index (Phi) is 7.03. The number of carbonyl (C=O) groups excluding carboxylic acids is 1. The molecule has 2 aromatic carbocycles. The number of rotatable bonds is 10. The second-order valence-electron chi connectivity index (χ2n) is 7.29. The molecular weight excluding hydrogens is 432 g/mol. The van der Waals surface area contributed by atoms with Crippen molar-refractivity contribution < 1.29 is 22.7 Å². The van der Waals surface area contributed by atoms with Crippen LogP contribution in [0.1, 0.15) is 34.8 Å². The van der Waals surface area contributed by atoms with Crippen molar-refractivity contribution >= 4 is 11.6 Å². The molecule has 4 rings (SSSR count). The highest BCUT2D eigenvalue weighted by atomic mass is 19.1. The molecule has 0 aliphatic heterocycles. The van der Waals surface area contributed by atoms with Crippen molar-refractivity contribution in [3.05, 3.63) is 89.9 Å². The molecule has 2 heterocycles. The van der Waals surface area contributed by atoms with E-state index in [0.29, 0.717) is 11.8 Å². The molecule has 1 N–H and O–H groups in total. The van der Waals surface area contributed by atoms with Gasteiger partial charge >= 0.3 is 0 Å². The molecule has 0 atom stereocenters. The Morgan fingerprint density at radius 1 is 1.09 bits per heavy atom. The van der Waals surface area contributed by atoms with E-state index >= 15 is 0 Å². The second-order valence-corrected chi connectivity index (χ2v) is 7.29. The van der Waals surface area contributed by atoms with Crippen LogP contribution in [0.15, 0.2) is 65.5 Å². The molecule has 1 amide bonds. The molecule has 0 fully saturated rings. The van der Waals surface area contributed by atoms with Gasteiger partial charge in [-0.25, -0.2) is 13.8 Å². The Morgan fingerprint density at radius 3 is 2.61 bits per heavy atom. The Hall–Kier alpha value is -4.08. The molecule has 0 bridgehead atoms. The fourth-order valence-corrected chi connectivity index (χ4v) is 3.15.